The third-order valence-corrected chi connectivity index (χ3v) is 1.88. The summed E-state index contributed by atoms with van der Waals surface area (Å²) in [5.41, 5.74) is -0.356. The lowest BCUT2D eigenvalue weighted by molar-refractivity contribution is -0.137. The lowest BCUT2D eigenvalue weighted by Gasteiger charge is -2.14. The first kappa shape index (κ1) is 12.1. The molecule has 4 nitrogen and oxygen atoms in total. The molecule has 0 radical (unpaired) electrons. The fourth-order valence-corrected chi connectivity index (χ4v) is 1.14. The lowest BCUT2D eigenvalue weighted by atomic mass is 10.2. The van der Waals surface area contributed by atoms with Crippen LogP contribution in [0.25, 0.3) is 0 Å². The number of likely N-dealkylation sites (N-methyl/N-ethyl adjacent to an activating group) is 1. The molecule has 0 aromatic heterocycles. The highest BCUT2D eigenvalue weighted by atomic mass is 19.1. The van der Waals surface area contributed by atoms with Crippen molar-refractivity contribution in [3.8, 4) is 0 Å². The van der Waals surface area contributed by atoms with E-state index >= 15 is 0 Å². The van der Waals surface area contributed by atoms with E-state index in [0.717, 1.165) is 17.0 Å². The smallest absolute Gasteiger partial charge is 0.323 e. The normalized spacial score (nSPS) is 9.94. The number of benzene rings is 1. The summed E-state index contributed by atoms with van der Waals surface area (Å²) in [6.07, 6.45) is 0. The predicted octanol–water partition coefficient (Wildman–Crippen LogP) is 1.12. The highest BCUT2D eigenvalue weighted by molar-refractivity contribution is 5.95. The SMILES string of the molecule is CN(CC(=O)O)C(=O)c1ccc(F)cc1F. The van der Waals surface area contributed by atoms with Crippen LogP contribution in [0.15, 0.2) is 18.2 Å². The topological polar surface area (TPSA) is 57.6 Å². The number of nitrogens with zero attached hydrogens (tertiary/aromatic N) is 1. The molecule has 0 bridgehead atoms. The average molecular weight is 229 g/mol. The number of rotatable bonds is 3. The number of hydrogen-bond acceptors (Lipinski definition) is 2. The van der Waals surface area contributed by atoms with Gasteiger partial charge in [-0.1, -0.05) is 0 Å². The van der Waals surface area contributed by atoms with Crippen molar-refractivity contribution in [3.63, 3.8) is 0 Å². The van der Waals surface area contributed by atoms with E-state index < -0.39 is 30.1 Å². The first-order valence-corrected chi connectivity index (χ1v) is 4.34. The number of carboxylic acids is 1. The first-order valence-electron chi connectivity index (χ1n) is 4.34. The molecule has 0 aliphatic carbocycles. The molecule has 0 unspecified atom stereocenters. The molecule has 0 aliphatic rings. The van der Waals surface area contributed by atoms with Crippen molar-refractivity contribution < 1.29 is 23.5 Å². The number of amides is 1. The van der Waals surface area contributed by atoms with Gasteiger partial charge in [0.2, 0.25) is 0 Å². The maximum Gasteiger partial charge on any atom is 0.323 e. The van der Waals surface area contributed by atoms with Gasteiger partial charge in [-0.3, -0.25) is 9.59 Å². The third-order valence-electron chi connectivity index (χ3n) is 1.88. The Bertz CT molecular complexity index is 434. The van der Waals surface area contributed by atoms with Crippen LogP contribution in [0.3, 0.4) is 0 Å². The van der Waals surface area contributed by atoms with Crippen molar-refractivity contribution in [1.29, 1.82) is 0 Å². The van der Waals surface area contributed by atoms with Crippen LogP contribution in [-0.2, 0) is 4.79 Å². The molecule has 0 saturated heterocycles. The molecule has 0 saturated carbocycles. The Kier molecular flexibility index (Phi) is 3.55. The van der Waals surface area contributed by atoms with Crippen molar-refractivity contribution in [2.45, 2.75) is 0 Å². The highest BCUT2D eigenvalue weighted by Gasteiger charge is 2.18. The molecule has 0 heterocycles. The standard InChI is InChI=1S/C10H9F2NO3/c1-13(5-9(14)15)10(16)7-3-2-6(11)4-8(7)12/h2-4H,5H2,1H3,(H,14,15). The molecule has 1 rings (SSSR count). The maximum atomic E-state index is 13.2. The summed E-state index contributed by atoms with van der Waals surface area (Å²) in [6.45, 7) is -0.546. The zero-order chi connectivity index (χ0) is 12.3. The molecule has 16 heavy (non-hydrogen) atoms. The fraction of sp³-hybridized carbons (Fsp3) is 0.200. The van der Waals surface area contributed by atoms with Gasteiger partial charge in [-0.15, -0.1) is 0 Å². The molecular formula is C10H9F2NO3. The predicted molar refractivity (Wildman–Crippen MR) is 51.0 cm³/mol. The van der Waals surface area contributed by atoms with E-state index in [4.69, 9.17) is 5.11 Å². The van der Waals surface area contributed by atoms with Crippen LogP contribution in [-0.4, -0.2) is 35.5 Å². The summed E-state index contributed by atoms with van der Waals surface area (Å²) >= 11 is 0. The van der Waals surface area contributed by atoms with Crippen LogP contribution in [0, 0.1) is 11.6 Å². The molecule has 0 atom stereocenters. The Labute approximate surface area is 90.1 Å². The third kappa shape index (κ3) is 2.75. The minimum absolute atomic E-state index is 0.356. The van der Waals surface area contributed by atoms with E-state index in [-0.39, 0.29) is 5.56 Å². The van der Waals surface area contributed by atoms with Crippen LogP contribution in [0.4, 0.5) is 8.78 Å². The Morgan fingerprint density at radius 2 is 2.00 bits per heavy atom. The molecule has 1 amide bonds. The van der Waals surface area contributed by atoms with Gasteiger partial charge in [0.15, 0.2) is 0 Å². The van der Waals surface area contributed by atoms with Gasteiger partial charge in [-0.25, -0.2) is 8.78 Å². The minimum atomic E-state index is -1.21. The van der Waals surface area contributed by atoms with Gasteiger partial charge in [0, 0.05) is 13.1 Å². The Morgan fingerprint density at radius 3 is 2.50 bits per heavy atom. The van der Waals surface area contributed by atoms with Crippen LogP contribution >= 0.6 is 0 Å². The van der Waals surface area contributed by atoms with Crippen molar-refractivity contribution in [3.05, 3.63) is 35.4 Å². The van der Waals surface area contributed by atoms with Gasteiger partial charge in [0.25, 0.3) is 5.91 Å². The quantitative estimate of drug-likeness (QED) is 0.844. The van der Waals surface area contributed by atoms with Crippen molar-refractivity contribution in [1.82, 2.24) is 4.90 Å². The molecule has 86 valence electrons. The second kappa shape index (κ2) is 4.69. The second-order valence-corrected chi connectivity index (χ2v) is 3.18. The second-order valence-electron chi connectivity index (χ2n) is 3.18. The van der Waals surface area contributed by atoms with Gasteiger partial charge >= 0.3 is 5.97 Å². The van der Waals surface area contributed by atoms with Crippen LogP contribution in [0.2, 0.25) is 0 Å². The summed E-state index contributed by atoms with van der Waals surface area (Å²) in [4.78, 5) is 22.7. The largest absolute Gasteiger partial charge is 0.480 e. The van der Waals surface area contributed by atoms with Crippen molar-refractivity contribution in [2.75, 3.05) is 13.6 Å². The Balaban J connectivity index is 2.92. The summed E-state index contributed by atoms with van der Waals surface area (Å²) < 4.78 is 25.7. The van der Waals surface area contributed by atoms with E-state index in [2.05, 4.69) is 0 Å². The van der Waals surface area contributed by atoms with Crippen LogP contribution in [0.5, 0.6) is 0 Å². The van der Waals surface area contributed by atoms with Gasteiger partial charge in [-0.2, -0.15) is 0 Å². The number of hydrogen-bond donors (Lipinski definition) is 1. The summed E-state index contributed by atoms with van der Waals surface area (Å²) in [7, 11) is 1.22. The van der Waals surface area contributed by atoms with E-state index in [1.54, 1.807) is 0 Å². The van der Waals surface area contributed by atoms with Crippen molar-refractivity contribution >= 4 is 11.9 Å². The number of aliphatic carboxylic acids is 1. The first-order chi connectivity index (χ1) is 7.41. The van der Waals surface area contributed by atoms with E-state index in [1.807, 2.05) is 0 Å². The van der Waals surface area contributed by atoms with Crippen molar-refractivity contribution in [2.24, 2.45) is 0 Å². The number of halogens is 2. The van der Waals surface area contributed by atoms with E-state index in [9.17, 15) is 18.4 Å². The van der Waals surface area contributed by atoms with Gasteiger partial charge < -0.3 is 10.0 Å². The van der Waals surface area contributed by atoms with Crippen LogP contribution < -0.4 is 0 Å². The molecule has 0 aliphatic heterocycles. The number of carbonyl (C=O) groups is 2. The molecule has 1 N–H and O–H groups in total. The fourth-order valence-electron chi connectivity index (χ4n) is 1.14. The zero-order valence-corrected chi connectivity index (χ0v) is 8.41. The monoisotopic (exact) mass is 229 g/mol. The maximum absolute atomic E-state index is 13.2. The number of carbonyl (C=O) groups excluding carboxylic acids is 1. The molecule has 1 aromatic carbocycles. The Morgan fingerprint density at radius 1 is 1.38 bits per heavy atom. The highest BCUT2D eigenvalue weighted by Crippen LogP contribution is 2.11. The zero-order valence-electron chi connectivity index (χ0n) is 8.41. The average Bonchev–Trinajstić information content (AvgIpc) is 2.15. The summed E-state index contributed by atoms with van der Waals surface area (Å²) in [5, 5.41) is 8.45. The molecule has 0 fully saturated rings. The summed E-state index contributed by atoms with van der Waals surface area (Å²) in [5.74, 6) is -3.82. The Hall–Kier alpha value is -1.98. The summed E-state index contributed by atoms with van der Waals surface area (Å²) in [6, 6.07) is 2.48. The van der Waals surface area contributed by atoms with E-state index in [0.29, 0.717) is 6.07 Å². The van der Waals surface area contributed by atoms with Gasteiger partial charge in [-0.05, 0) is 12.1 Å². The molecule has 1 aromatic rings. The minimum Gasteiger partial charge on any atom is -0.480 e. The van der Waals surface area contributed by atoms with Gasteiger partial charge in [0.05, 0.1) is 5.56 Å². The molecule has 0 spiro atoms. The van der Waals surface area contributed by atoms with Crippen LogP contribution in [0.1, 0.15) is 10.4 Å². The van der Waals surface area contributed by atoms with Gasteiger partial charge in [0.1, 0.15) is 18.2 Å². The lowest BCUT2D eigenvalue weighted by Crippen LogP contribution is -2.32. The van der Waals surface area contributed by atoms with E-state index in [1.165, 1.54) is 7.05 Å². The molecular weight excluding hydrogens is 220 g/mol. The number of carboxylic acid groups (broad SMARTS) is 1. The molecule has 6 heteroatoms.